The molecule has 0 amide bonds. The van der Waals surface area contributed by atoms with E-state index >= 15 is 0 Å². The second-order valence-corrected chi connectivity index (χ2v) is 6.86. The van der Waals surface area contributed by atoms with Gasteiger partial charge in [0.1, 0.15) is 0 Å². The molecule has 0 saturated carbocycles. The molecule has 118 valence electrons. The Labute approximate surface area is 133 Å². The molecule has 0 fully saturated rings. The SMILES string of the molecule is CCC(NS(=O)(=O)c1ccc(F)c(F)c1)c1ccc(Cl)cc1. The van der Waals surface area contributed by atoms with Crippen LogP contribution in [-0.2, 0) is 10.0 Å². The van der Waals surface area contributed by atoms with Crippen molar-refractivity contribution in [2.75, 3.05) is 0 Å². The van der Waals surface area contributed by atoms with Gasteiger partial charge in [-0.25, -0.2) is 21.9 Å². The van der Waals surface area contributed by atoms with Crippen molar-refractivity contribution < 1.29 is 17.2 Å². The summed E-state index contributed by atoms with van der Waals surface area (Å²) in [6.07, 6.45) is 0.491. The lowest BCUT2D eigenvalue weighted by atomic mass is 10.1. The fraction of sp³-hybridized carbons (Fsp3) is 0.200. The van der Waals surface area contributed by atoms with Gasteiger partial charge in [-0.15, -0.1) is 0 Å². The summed E-state index contributed by atoms with van der Waals surface area (Å²) in [5, 5.41) is 0.544. The molecule has 1 atom stereocenters. The van der Waals surface area contributed by atoms with Crippen LogP contribution in [0, 0.1) is 11.6 Å². The third-order valence-corrected chi connectivity index (χ3v) is 4.90. The van der Waals surface area contributed by atoms with Crippen LogP contribution in [-0.4, -0.2) is 8.42 Å². The summed E-state index contributed by atoms with van der Waals surface area (Å²) in [5.41, 5.74) is 0.734. The lowest BCUT2D eigenvalue weighted by molar-refractivity contribution is 0.503. The second-order valence-electron chi connectivity index (χ2n) is 4.71. The zero-order valence-corrected chi connectivity index (χ0v) is 13.3. The minimum atomic E-state index is -3.96. The van der Waals surface area contributed by atoms with Gasteiger partial charge >= 0.3 is 0 Å². The van der Waals surface area contributed by atoms with E-state index in [-0.39, 0.29) is 4.90 Å². The normalized spacial score (nSPS) is 13.1. The summed E-state index contributed by atoms with van der Waals surface area (Å²) in [4.78, 5) is -0.321. The highest BCUT2D eigenvalue weighted by Crippen LogP contribution is 2.22. The van der Waals surface area contributed by atoms with E-state index in [4.69, 9.17) is 11.6 Å². The van der Waals surface area contributed by atoms with Crippen molar-refractivity contribution in [2.45, 2.75) is 24.3 Å². The first-order valence-electron chi connectivity index (χ1n) is 6.56. The predicted octanol–water partition coefficient (Wildman–Crippen LogP) is 4.05. The Kier molecular flexibility index (Phi) is 5.16. The molecule has 1 N–H and O–H groups in total. The molecule has 0 aliphatic heterocycles. The molecule has 1 unspecified atom stereocenters. The van der Waals surface area contributed by atoms with Gasteiger partial charge in [0.05, 0.1) is 4.90 Å². The van der Waals surface area contributed by atoms with Crippen LogP contribution in [0.1, 0.15) is 24.9 Å². The van der Waals surface area contributed by atoms with Crippen molar-refractivity contribution >= 4 is 21.6 Å². The van der Waals surface area contributed by atoms with E-state index in [2.05, 4.69) is 4.72 Å². The van der Waals surface area contributed by atoms with Gasteiger partial charge in [0, 0.05) is 11.1 Å². The van der Waals surface area contributed by atoms with Gasteiger partial charge in [-0.05, 0) is 42.3 Å². The van der Waals surface area contributed by atoms with Crippen molar-refractivity contribution in [3.63, 3.8) is 0 Å². The summed E-state index contributed by atoms with van der Waals surface area (Å²) < 4.78 is 53.2. The lowest BCUT2D eigenvalue weighted by Crippen LogP contribution is -2.28. The van der Waals surface area contributed by atoms with Crippen molar-refractivity contribution in [1.82, 2.24) is 4.72 Å². The first kappa shape index (κ1) is 16.9. The molecule has 0 bridgehead atoms. The van der Waals surface area contributed by atoms with Gasteiger partial charge in [-0.3, -0.25) is 0 Å². The maximum Gasteiger partial charge on any atom is 0.241 e. The highest BCUT2D eigenvalue weighted by Gasteiger charge is 2.21. The fourth-order valence-corrected chi connectivity index (χ4v) is 3.43. The van der Waals surface area contributed by atoms with Gasteiger partial charge < -0.3 is 0 Å². The number of benzene rings is 2. The molecule has 2 rings (SSSR count). The maximum absolute atomic E-state index is 13.2. The van der Waals surface area contributed by atoms with E-state index in [0.717, 1.165) is 17.7 Å². The summed E-state index contributed by atoms with van der Waals surface area (Å²) in [6.45, 7) is 1.81. The Morgan fingerprint density at radius 3 is 2.27 bits per heavy atom. The summed E-state index contributed by atoms with van der Waals surface area (Å²) in [6, 6.07) is 8.72. The molecule has 0 saturated heterocycles. The first-order valence-corrected chi connectivity index (χ1v) is 8.42. The Hall–Kier alpha value is -1.50. The van der Waals surface area contributed by atoms with E-state index in [1.807, 2.05) is 6.92 Å². The number of halogens is 3. The number of hydrogen-bond acceptors (Lipinski definition) is 2. The van der Waals surface area contributed by atoms with Crippen LogP contribution in [0.25, 0.3) is 0 Å². The highest BCUT2D eigenvalue weighted by atomic mass is 35.5. The first-order chi connectivity index (χ1) is 10.3. The molecular formula is C15H14ClF2NO2S. The summed E-state index contributed by atoms with van der Waals surface area (Å²) in [5.74, 6) is -2.30. The van der Waals surface area contributed by atoms with Gasteiger partial charge in [0.15, 0.2) is 11.6 Å². The Bertz CT molecular complexity index is 764. The molecule has 0 heterocycles. The van der Waals surface area contributed by atoms with Crippen LogP contribution in [0.2, 0.25) is 5.02 Å². The van der Waals surface area contributed by atoms with Crippen LogP contribution in [0.5, 0.6) is 0 Å². The van der Waals surface area contributed by atoms with Gasteiger partial charge in [0.25, 0.3) is 0 Å². The molecule has 0 spiro atoms. The summed E-state index contributed by atoms with van der Waals surface area (Å²) in [7, 11) is -3.96. The quantitative estimate of drug-likeness (QED) is 0.888. The predicted molar refractivity (Wildman–Crippen MR) is 81.2 cm³/mol. The average Bonchev–Trinajstić information content (AvgIpc) is 2.48. The zero-order valence-electron chi connectivity index (χ0n) is 11.7. The van der Waals surface area contributed by atoms with E-state index in [1.165, 1.54) is 0 Å². The smallest absolute Gasteiger partial charge is 0.207 e. The van der Waals surface area contributed by atoms with Gasteiger partial charge in [0.2, 0.25) is 10.0 Å². The molecule has 0 radical (unpaired) electrons. The Morgan fingerprint density at radius 2 is 1.73 bits per heavy atom. The van der Waals surface area contributed by atoms with Crippen LogP contribution in [0.15, 0.2) is 47.4 Å². The van der Waals surface area contributed by atoms with Crippen molar-refractivity contribution in [3.8, 4) is 0 Å². The molecule has 0 aliphatic rings. The van der Waals surface area contributed by atoms with E-state index in [0.29, 0.717) is 17.5 Å². The van der Waals surface area contributed by atoms with E-state index in [9.17, 15) is 17.2 Å². The van der Waals surface area contributed by atoms with Crippen molar-refractivity contribution in [3.05, 3.63) is 64.7 Å². The maximum atomic E-state index is 13.2. The summed E-state index contributed by atoms with van der Waals surface area (Å²) >= 11 is 5.80. The molecule has 2 aromatic carbocycles. The zero-order chi connectivity index (χ0) is 16.3. The topological polar surface area (TPSA) is 46.2 Å². The number of rotatable bonds is 5. The van der Waals surface area contributed by atoms with E-state index < -0.39 is 27.7 Å². The average molecular weight is 346 g/mol. The Balaban J connectivity index is 2.29. The fourth-order valence-electron chi connectivity index (χ4n) is 1.98. The lowest BCUT2D eigenvalue weighted by Gasteiger charge is -2.17. The second kappa shape index (κ2) is 6.73. The molecule has 3 nitrogen and oxygen atoms in total. The van der Waals surface area contributed by atoms with Crippen molar-refractivity contribution in [1.29, 1.82) is 0 Å². The Morgan fingerprint density at radius 1 is 1.09 bits per heavy atom. The molecule has 7 heteroatoms. The molecule has 22 heavy (non-hydrogen) atoms. The van der Waals surface area contributed by atoms with Crippen LogP contribution in [0.3, 0.4) is 0 Å². The highest BCUT2D eigenvalue weighted by molar-refractivity contribution is 7.89. The van der Waals surface area contributed by atoms with E-state index in [1.54, 1.807) is 24.3 Å². The number of hydrogen-bond donors (Lipinski definition) is 1. The molecule has 0 aliphatic carbocycles. The molecular weight excluding hydrogens is 332 g/mol. The number of nitrogens with one attached hydrogen (secondary N) is 1. The third kappa shape index (κ3) is 3.82. The van der Waals surface area contributed by atoms with Crippen LogP contribution >= 0.6 is 11.6 Å². The minimum absolute atomic E-state index is 0.321. The van der Waals surface area contributed by atoms with Gasteiger partial charge in [-0.1, -0.05) is 30.7 Å². The number of sulfonamides is 1. The van der Waals surface area contributed by atoms with Crippen molar-refractivity contribution in [2.24, 2.45) is 0 Å². The monoisotopic (exact) mass is 345 g/mol. The third-order valence-electron chi connectivity index (χ3n) is 3.18. The van der Waals surface area contributed by atoms with Gasteiger partial charge in [-0.2, -0.15) is 0 Å². The minimum Gasteiger partial charge on any atom is -0.207 e. The van der Waals surface area contributed by atoms with Crippen LogP contribution < -0.4 is 4.72 Å². The largest absolute Gasteiger partial charge is 0.241 e. The standard InChI is InChI=1S/C15H14ClF2NO2S/c1-2-15(10-3-5-11(16)6-4-10)19-22(20,21)12-7-8-13(17)14(18)9-12/h3-9,15,19H,2H2,1H3. The van der Waals surface area contributed by atoms with Crippen LogP contribution in [0.4, 0.5) is 8.78 Å². The molecule has 2 aromatic rings. The molecule has 0 aromatic heterocycles.